The molecule has 2 rings (SSSR count). The van der Waals surface area contributed by atoms with Gasteiger partial charge in [-0.3, -0.25) is 9.69 Å². The summed E-state index contributed by atoms with van der Waals surface area (Å²) >= 11 is 1.62. The van der Waals surface area contributed by atoms with Crippen LogP contribution in [0.1, 0.15) is 4.88 Å². The number of thiophene rings is 1. The number of morpholine rings is 1. The van der Waals surface area contributed by atoms with Crippen molar-refractivity contribution in [2.75, 3.05) is 32.8 Å². The van der Waals surface area contributed by atoms with Crippen LogP contribution in [0.5, 0.6) is 0 Å². The first-order valence-electron chi connectivity index (χ1n) is 5.81. The first-order chi connectivity index (χ1) is 8.25. The molecule has 4 nitrogen and oxygen atoms in total. The summed E-state index contributed by atoms with van der Waals surface area (Å²) in [5.74, 6) is -1.02. The number of carbonyl (C=O) groups is 1. The number of carboxylic acids is 1. The zero-order chi connectivity index (χ0) is 12.1. The Labute approximate surface area is 105 Å². The fourth-order valence-electron chi connectivity index (χ4n) is 2.00. The van der Waals surface area contributed by atoms with Crippen LogP contribution in [0.4, 0.5) is 0 Å². The topological polar surface area (TPSA) is 49.8 Å². The molecule has 1 aliphatic rings. The molecule has 0 radical (unpaired) electrons. The van der Waals surface area contributed by atoms with Gasteiger partial charge in [0.25, 0.3) is 0 Å². The van der Waals surface area contributed by atoms with Crippen LogP contribution in [0.25, 0.3) is 0 Å². The second-order valence-electron chi connectivity index (χ2n) is 4.23. The van der Waals surface area contributed by atoms with Crippen LogP contribution < -0.4 is 0 Å². The highest BCUT2D eigenvalue weighted by Crippen LogP contribution is 2.16. The van der Waals surface area contributed by atoms with Gasteiger partial charge < -0.3 is 9.84 Å². The molecule has 0 aromatic carbocycles. The van der Waals surface area contributed by atoms with Gasteiger partial charge in [0.1, 0.15) is 0 Å². The van der Waals surface area contributed by atoms with Crippen LogP contribution in [-0.4, -0.2) is 48.8 Å². The molecule has 1 unspecified atom stereocenters. The molecule has 2 heterocycles. The smallest absolute Gasteiger partial charge is 0.308 e. The van der Waals surface area contributed by atoms with E-state index in [1.165, 1.54) is 0 Å². The Hall–Kier alpha value is -0.910. The molecule has 1 aromatic heterocycles. The number of nitrogens with zero attached hydrogens (tertiary/aromatic N) is 1. The van der Waals surface area contributed by atoms with Crippen LogP contribution in [0.2, 0.25) is 0 Å². The summed E-state index contributed by atoms with van der Waals surface area (Å²) < 4.78 is 5.26. The Bertz CT molecular complexity index is 347. The van der Waals surface area contributed by atoms with Crippen molar-refractivity contribution in [1.82, 2.24) is 4.90 Å². The predicted molar refractivity (Wildman–Crippen MR) is 66.4 cm³/mol. The first-order valence-corrected chi connectivity index (χ1v) is 6.69. The van der Waals surface area contributed by atoms with Crippen molar-refractivity contribution < 1.29 is 14.6 Å². The van der Waals surface area contributed by atoms with E-state index in [1.54, 1.807) is 11.3 Å². The highest BCUT2D eigenvalue weighted by atomic mass is 32.1. The molecule has 0 bridgehead atoms. The van der Waals surface area contributed by atoms with Crippen LogP contribution in [-0.2, 0) is 16.0 Å². The highest BCUT2D eigenvalue weighted by molar-refractivity contribution is 7.09. The van der Waals surface area contributed by atoms with E-state index in [1.807, 2.05) is 17.5 Å². The predicted octanol–water partition coefficient (Wildman–Crippen LogP) is 1.32. The molecule has 0 amide bonds. The largest absolute Gasteiger partial charge is 0.481 e. The van der Waals surface area contributed by atoms with E-state index >= 15 is 0 Å². The molecule has 1 fully saturated rings. The normalized spacial score (nSPS) is 19.1. The molecule has 1 N–H and O–H groups in total. The summed E-state index contributed by atoms with van der Waals surface area (Å²) in [6.45, 7) is 3.73. The molecule has 17 heavy (non-hydrogen) atoms. The zero-order valence-corrected chi connectivity index (χ0v) is 10.5. The van der Waals surface area contributed by atoms with Crippen molar-refractivity contribution >= 4 is 17.3 Å². The number of ether oxygens (including phenoxy) is 1. The van der Waals surface area contributed by atoms with Crippen molar-refractivity contribution in [1.29, 1.82) is 0 Å². The molecule has 94 valence electrons. The van der Waals surface area contributed by atoms with E-state index < -0.39 is 5.97 Å². The molecule has 1 aliphatic heterocycles. The minimum atomic E-state index is -0.704. The van der Waals surface area contributed by atoms with Crippen molar-refractivity contribution in [3.63, 3.8) is 0 Å². The Morgan fingerprint density at radius 3 is 2.88 bits per heavy atom. The summed E-state index contributed by atoms with van der Waals surface area (Å²) in [4.78, 5) is 14.6. The average molecular weight is 255 g/mol. The van der Waals surface area contributed by atoms with E-state index in [0.29, 0.717) is 26.2 Å². The highest BCUT2D eigenvalue weighted by Gasteiger charge is 2.23. The molecule has 0 spiro atoms. The minimum absolute atomic E-state index is 0.313. The lowest BCUT2D eigenvalue weighted by Crippen LogP contribution is -2.41. The van der Waals surface area contributed by atoms with Crippen LogP contribution >= 0.6 is 11.3 Å². The molecular formula is C12H17NO3S. The maximum Gasteiger partial charge on any atom is 0.308 e. The third-order valence-corrected chi connectivity index (χ3v) is 3.86. The minimum Gasteiger partial charge on any atom is -0.481 e. The lowest BCUT2D eigenvalue weighted by atomic mass is 10.0. The van der Waals surface area contributed by atoms with Gasteiger partial charge >= 0.3 is 5.97 Å². The molecule has 0 saturated carbocycles. The third kappa shape index (κ3) is 3.80. The average Bonchev–Trinajstić information content (AvgIpc) is 2.82. The second kappa shape index (κ2) is 6.14. The fraction of sp³-hybridized carbons (Fsp3) is 0.583. The molecule has 0 aliphatic carbocycles. The van der Waals surface area contributed by atoms with Crippen molar-refractivity contribution in [3.05, 3.63) is 22.4 Å². The SMILES string of the molecule is O=C(O)C(Cc1cccs1)CN1CCOCC1. The Morgan fingerprint density at radius 2 is 2.29 bits per heavy atom. The third-order valence-electron chi connectivity index (χ3n) is 2.96. The fourth-order valence-corrected chi connectivity index (χ4v) is 2.78. The standard InChI is InChI=1S/C12H17NO3S/c14-12(15)10(8-11-2-1-7-17-11)9-13-3-5-16-6-4-13/h1-2,7,10H,3-6,8-9H2,(H,14,15). The molecule has 1 saturated heterocycles. The zero-order valence-electron chi connectivity index (χ0n) is 9.67. The van der Waals surface area contributed by atoms with E-state index in [9.17, 15) is 9.90 Å². The molecule has 1 atom stereocenters. The van der Waals surface area contributed by atoms with Gasteiger partial charge in [-0.1, -0.05) is 6.07 Å². The van der Waals surface area contributed by atoms with Gasteiger partial charge in [-0.25, -0.2) is 0 Å². The lowest BCUT2D eigenvalue weighted by Gasteiger charge is -2.28. The lowest BCUT2D eigenvalue weighted by molar-refractivity contribution is -0.142. The Balaban J connectivity index is 1.90. The number of carboxylic acid groups (broad SMARTS) is 1. The first kappa shape index (κ1) is 12.5. The number of aliphatic carboxylic acids is 1. The van der Waals surface area contributed by atoms with Crippen molar-refractivity contribution in [2.45, 2.75) is 6.42 Å². The summed E-state index contributed by atoms with van der Waals surface area (Å²) in [6, 6.07) is 3.97. The summed E-state index contributed by atoms with van der Waals surface area (Å²) in [6.07, 6.45) is 0.629. The van der Waals surface area contributed by atoms with Gasteiger partial charge in [0, 0.05) is 24.5 Å². The van der Waals surface area contributed by atoms with Crippen LogP contribution in [0, 0.1) is 5.92 Å². The number of hydrogen-bond donors (Lipinski definition) is 1. The van der Waals surface area contributed by atoms with E-state index in [2.05, 4.69) is 4.90 Å². The number of rotatable bonds is 5. The number of hydrogen-bond acceptors (Lipinski definition) is 4. The van der Waals surface area contributed by atoms with E-state index in [-0.39, 0.29) is 5.92 Å². The molecular weight excluding hydrogens is 238 g/mol. The van der Waals surface area contributed by atoms with Crippen LogP contribution in [0.15, 0.2) is 17.5 Å². The van der Waals surface area contributed by atoms with E-state index in [4.69, 9.17) is 4.74 Å². The van der Waals surface area contributed by atoms with Gasteiger partial charge in [-0.2, -0.15) is 0 Å². The Morgan fingerprint density at radius 1 is 1.53 bits per heavy atom. The summed E-state index contributed by atoms with van der Waals surface area (Å²) in [5, 5.41) is 11.2. The van der Waals surface area contributed by atoms with Gasteiger partial charge in [0.2, 0.25) is 0 Å². The van der Waals surface area contributed by atoms with E-state index in [0.717, 1.165) is 18.0 Å². The maximum absolute atomic E-state index is 11.2. The van der Waals surface area contributed by atoms with Gasteiger partial charge in [0.05, 0.1) is 19.1 Å². The van der Waals surface area contributed by atoms with Gasteiger partial charge in [-0.05, 0) is 17.9 Å². The van der Waals surface area contributed by atoms with Gasteiger partial charge in [0.15, 0.2) is 0 Å². The Kier molecular flexibility index (Phi) is 4.53. The monoisotopic (exact) mass is 255 g/mol. The summed E-state index contributed by atoms with van der Waals surface area (Å²) in [7, 11) is 0. The quantitative estimate of drug-likeness (QED) is 0.862. The second-order valence-corrected chi connectivity index (χ2v) is 5.26. The van der Waals surface area contributed by atoms with Crippen LogP contribution in [0.3, 0.4) is 0 Å². The molecule has 5 heteroatoms. The van der Waals surface area contributed by atoms with Crippen molar-refractivity contribution in [2.24, 2.45) is 5.92 Å². The molecule has 1 aromatic rings. The van der Waals surface area contributed by atoms with Gasteiger partial charge in [-0.15, -0.1) is 11.3 Å². The van der Waals surface area contributed by atoms with Crippen molar-refractivity contribution in [3.8, 4) is 0 Å². The maximum atomic E-state index is 11.2. The summed E-state index contributed by atoms with van der Waals surface area (Å²) in [5.41, 5.74) is 0.